The molecule has 2 aliphatic heterocycles. The Labute approximate surface area is 119 Å². The van der Waals surface area contributed by atoms with Crippen LogP contribution in [0.5, 0.6) is 0 Å². The number of fused-ring (bicyclic) bond motifs is 1. The van der Waals surface area contributed by atoms with Gasteiger partial charge in [0.25, 0.3) is 0 Å². The summed E-state index contributed by atoms with van der Waals surface area (Å²) < 4.78 is 5.26. The summed E-state index contributed by atoms with van der Waals surface area (Å²) in [7, 11) is 0. The van der Waals surface area contributed by atoms with Gasteiger partial charge in [0.1, 0.15) is 0 Å². The molecule has 0 saturated carbocycles. The Morgan fingerprint density at radius 3 is 3.30 bits per heavy atom. The molecule has 0 unspecified atom stereocenters. The van der Waals surface area contributed by atoms with Crippen LogP contribution >= 0.6 is 0 Å². The van der Waals surface area contributed by atoms with Crippen LogP contribution in [0.15, 0.2) is 6.20 Å². The first kappa shape index (κ1) is 13.5. The van der Waals surface area contributed by atoms with Crippen molar-refractivity contribution in [3.8, 4) is 0 Å². The average molecular weight is 275 g/mol. The number of aromatic nitrogens is 1. The fraction of sp³-hybridized carbons (Fsp3) is 0.600. The zero-order valence-electron chi connectivity index (χ0n) is 11.9. The van der Waals surface area contributed by atoms with Gasteiger partial charge in [0.15, 0.2) is 0 Å². The van der Waals surface area contributed by atoms with Gasteiger partial charge in [-0.25, -0.2) is 0 Å². The van der Waals surface area contributed by atoms with Gasteiger partial charge in [0, 0.05) is 31.6 Å². The van der Waals surface area contributed by atoms with Crippen molar-refractivity contribution in [2.75, 3.05) is 19.8 Å². The molecule has 0 aromatic carbocycles. The van der Waals surface area contributed by atoms with E-state index in [-0.39, 0.29) is 11.8 Å². The molecular formula is C15H21N3O2. The van der Waals surface area contributed by atoms with Crippen molar-refractivity contribution in [2.24, 2.45) is 5.92 Å². The molecule has 3 rings (SSSR count). The maximum Gasteiger partial charge on any atom is 0.225 e. The maximum atomic E-state index is 12.1. The number of ether oxygens (including phenoxy) is 1. The summed E-state index contributed by atoms with van der Waals surface area (Å²) in [6.45, 7) is 5.72. The molecule has 2 aliphatic rings. The van der Waals surface area contributed by atoms with Crippen LogP contribution in [0.3, 0.4) is 0 Å². The number of carbonyl (C=O) groups excluding carboxylic acids is 1. The van der Waals surface area contributed by atoms with E-state index in [4.69, 9.17) is 4.74 Å². The van der Waals surface area contributed by atoms with Crippen LogP contribution in [-0.2, 0) is 29.0 Å². The van der Waals surface area contributed by atoms with Crippen molar-refractivity contribution < 1.29 is 9.53 Å². The van der Waals surface area contributed by atoms with E-state index in [0.717, 1.165) is 31.6 Å². The van der Waals surface area contributed by atoms with Gasteiger partial charge in [0.05, 0.1) is 12.5 Å². The van der Waals surface area contributed by atoms with Crippen molar-refractivity contribution in [3.05, 3.63) is 28.6 Å². The van der Waals surface area contributed by atoms with Crippen molar-refractivity contribution in [1.29, 1.82) is 0 Å². The fourth-order valence-electron chi connectivity index (χ4n) is 2.94. The number of carbonyl (C=O) groups is 1. The van der Waals surface area contributed by atoms with Crippen LogP contribution in [0.2, 0.25) is 0 Å². The van der Waals surface area contributed by atoms with Crippen molar-refractivity contribution in [3.63, 3.8) is 0 Å². The van der Waals surface area contributed by atoms with Crippen LogP contribution in [0.25, 0.3) is 0 Å². The molecule has 1 aromatic rings. The summed E-state index contributed by atoms with van der Waals surface area (Å²) in [5, 5.41) is 6.41. The number of hydrogen-bond donors (Lipinski definition) is 2. The number of nitrogens with zero attached hydrogens (tertiary/aromatic N) is 1. The third-order valence-electron chi connectivity index (χ3n) is 4.21. The number of pyridine rings is 1. The summed E-state index contributed by atoms with van der Waals surface area (Å²) in [6, 6.07) is 0. The third-order valence-corrected chi connectivity index (χ3v) is 4.21. The van der Waals surface area contributed by atoms with Gasteiger partial charge < -0.3 is 15.4 Å². The fourth-order valence-corrected chi connectivity index (χ4v) is 2.94. The Hall–Kier alpha value is -1.46. The van der Waals surface area contributed by atoms with Crippen molar-refractivity contribution in [1.82, 2.24) is 15.6 Å². The minimum atomic E-state index is 0.0180. The molecule has 0 radical (unpaired) electrons. The summed E-state index contributed by atoms with van der Waals surface area (Å²) in [4.78, 5) is 16.5. The van der Waals surface area contributed by atoms with Crippen LogP contribution in [0.4, 0.5) is 0 Å². The molecule has 1 fully saturated rings. The van der Waals surface area contributed by atoms with Crippen LogP contribution in [0.1, 0.15) is 28.8 Å². The minimum Gasteiger partial charge on any atom is -0.381 e. The second-order valence-corrected chi connectivity index (χ2v) is 5.53. The lowest BCUT2D eigenvalue weighted by Gasteiger charge is -2.22. The van der Waals surface area contributed by atoms with E-state index in [1.54, 1.807) is 0 Å². The van der Waals surface area contributed by atoms with Gasteiger partial charge in [-0.1, -0.05) is 0 Å². The van der Waals surface area contributed by atoms with E-state index in [1.165, 1.54) is 16.7 Å². The molecule has 1 saturated heterocycles. The smallest absolute Gasteiger partial charge is 0.225 e. The molecule has 3 heterocycles. The molecule has 2 N–H and O–H groups in total. The lowest BCUT2D eigenvalue weighted by Crippen LogP contribution is -2.32. The lowest BCUT2D eigenvalue weighted by atomic mass is 9.96. The molecule has 5 heteroatoms. The number of hydrogen-bond acceptors (Lipinski definition) is 4. The Balaban J connectivity index is 1.72. The van der Waals surface area contributed by atoms with Gasteiger partial charge in [-0.3, -0.25) is 9.78 Å². The highest BCUT2D eigenvalue weighted by Gasteiger charge is 2.24. The first-order chi connectivity index (χ1) is 9.75. The molecule has 5 nitrogen and oxygen atoms in total. The topological polar surface area (TPSA) is 63.2 Å². The second kappa shape index (κ2) is 5.89. The molecule has 0 bridgehead atoms. The van der Waals surface area contributed by atoms with Crippen LogP contribution in [0, 0.1) is 12.8 Å². The van der Waals surface area contributed by atoms with E-state index < -0.39 is 0 Å². The molecule has 20 heavy (non-hydrogen) atoms. The Kier molecular flexibility index (Phi) is 3.98. The largest absolute Gasteiger partial charge is 0.381 e. The highest BCUT2D eigenvalue weighted by atomic mass is 16.5. The summed E-state index contributed by atoms with van der Waals surface area (Å²) >= 11 is 0. The third kappa shape index (κ3) is 2.69. The maximum absolute atomic E-state index is 12.1. The Morgan fingerprint density at radius 2 is 2.50 bits per heavy atom. The van der Waals surface area contributed by atoms with Gasteiger partial charge in [-0.2, -0.15) is 0 Å². The summed E-state index contributed by atoms with van der Waals surface area (Å²) in [6.07, 6.45) is 3.79. The molecule has 1 aromatic heterocycles. The van der Waals surface area contributed by atoms with Crippen LogP contribution in [-0.4, -0.2) is 30.6 Å². The lowest BCUT2D eigenvalue weighted by molar-refractivity contribution is -0.125. The monoisotopic (exact) mass is 275 g/mol. The van der Waals surface area contributed by atoms with E-state index >= 15 is 0 Å². The van der Waals surface area contributed by atoms with Crippen LogP contribution < -0.4 is 10.6 Å². The zero-order chi connectivity index (χ0) is 13.9. The molecular weight excluding hydrogens is 254 g/mol. The van der Waals surface area contributed by atoms with E-state index in [2.05, 4.69) is 15.6 Å². The van der Waals surface area contributed by atoms with Gasteiger partial charge in [-0.15, -0.1) is 0 Å². The molecule has 0 aliphatic carbocycles. The van der Waals surface area contributed by atoms with Crippen molar-refractivity contribution in [2.45, 2.75) is 32.9 Å². The SMILES string of the molecule is Cc1ncc2c(c1CNC(=O)[C@@H]1CCOC1)CCNC2. The molecule has 1 atom stereocenters. The Bertz CT molecular complexity index is 510. The highest BCUT2D eigenvalue weighted by Crippen LogP contribution is 2.20. The van der Waals surface area contributed by atoms with E-state index in [9.17, 15) is 4.79 Å². The Morgan fingerprint density at radius 1 is 1.60 bits per heavy atom. The van der Waals surface area contributed by atoms with E-state index in [0.29, 0.717) is 19.8 Å². The van der Waals surface area contributed by atoms with Gasteiger partial charge in [-0.05, 0) is 43.0 Å². The van der Waals surface area contributed by atoms with Gasteiger partial charge >= 0.3 is 0 Å². The number of amides is 1. The van der Waals surface area contributed by atoms with Crippen molar-refractivity contribution >= 4 is 5.91 Å². The normalized spacial score (nSPS) is 21.6. The first-order valence-electron chi connectivity index (χ1n) is 7.28. The molecule has 1 amide bonds. The minimum absolute atomic E-state index is 0.0180. The number of nitrogens with one attached hydrogen (secondary N) is 2. The average Bonchev–Trinajstić information content (AvgIpc) is 3.00. The zero-order valence-corrected chi connectivity index (χ0v) is 11.9. The molecule has 108 valence electrons. The van der Waals surface area contributed by atoms with Gasteiger partial charge in [0.2, 0.25) is 5.91 Å². The first-order valence-corrected chi connectivity index (χ1v) is 7.28. The highest BCUT2D eigenvalue weighted by molar-refractivity contribution is 5.79. The standard InChI is InChI=1S/C15H21N3O2/c1-10-14(8-18-15(19)11-3-5-20-9-11)13-2-4-16-6-12(13)7-17-10/h7,11,16H,2-6,8-9H2,1H3,(H,18,19)/t11-/m1/s1. The summed E-state index contributed by atoms with van der Waals surface area (Å²) in [5.74, 6) is 0.123. The molecule has 0 spiro atoms. The van der Waals surface area contributed by atoms with E-state index in [1.807, 2.05) is 13.1 Å². The second-order valence-electron chi connectivity index (χ2n) is 5.53. The summed E-state index contributed by atoms with van der Waals surface area (Å²) in [5.41, 5.74) is 4.83. The number of rotatable bonds is 3. The quantitative estimate of drug-likeness (QED) is 0.852. The number of aryl methyl sites for hydroxylation is 1. The predicted molar refractivity (Wildman–Crippen MR) is 75.2 cm³/mol. The predicted octanol–water partition coefficient (Wildman–Crippen LogP) is 0.688.